The highest BCUT2D eigenvalue weighted by molar-refractivity contribution is 5.31. The van der Waals surface area contributed by atoms with E-state index in [2.05, 4.69) is 13.0 Å². The van der Waals surface area contributed by atoms with Gasteiger partial charge in [0.15, 0.2) is 0 Å². The van der Waals surface area contributed by atoms with Gasteiger partial charge in [-0.15, -0.1) is 0 Å². The summed E-state index contributed by atoms with van der Waals surface area (Å²) >= 11 is 0. The number of hydrogen-bond acceptors (Lipinski definition) is 4. The smallest absolute Gasteiger partial charge is 0.0991 e. The molecule has 4 heteroatoms. The summed E-state index contributed by atoms with van der Waals surface area (Å²) in [5.74, 6) is 0. The third-order valence-electron chi connectivity index (χ3n) is 6.25. The molecule has 1 N–H and O–H groups in total. The highest BCUT2D eigenvalue weighted by Gasteiger charge is 2.08. The maximum Gasteiger partial charge on any atom is 0.0991 e. The van der Waals surface area contributed by atoms with Crippen molar-refractivity contribution in [1.29, 1.82) is 5.26 Å². The van der Waals surface area contributed by atoms with E-state index in [1.54, 1.807) is 12.1 Å². The number of aliphatic hydroxyl groups is 1. The molecule has 0 bridgehead atoms. The second-order valence-corrected chi connectivity index (χ2v) is 9.28. The highest BCUT2D eigenvalue weighted by atomic mass is 16.5. The molecule has 1 atom stereocenters. The maximum absolute atomic E-state index is 9.51. The van der Waals surface area contributed by atoms with Crippen LogP contribution >= 0.6 is 0 Å². The van der Waals surface area contributed by atoms with E-state index < -0.39 is 0 Å². The van der Waals surface area contributed by atoms with Crippen molar-refractivity contribution in [3.8, 4) is 6.07 Å². The van der Waals surface area contributed by atoms with Crippen molar-refractivity contribution in [3.05, 3.63) is 35.4 Å². The van der Waals surface area contributed by atoms with Crippen molar-refractivity contribution in [2.24, 2.45) is 0 Å². The molecule has 0 saturated heterocycles. The fourth-order valence-electron chi connectivity index (χ4n) is 4.01. The molecule has 1 aromatic rings. The molecule has 0 saturated carbocycles. The molecule has 33 heavy (non-hydrogen) atoms. The zero-order valence-electron chi connectivity index (χ0n) is 21.2. The molecule has 1 rings (SSSR count). The van der Waals surface area contributed by atoms with Crippen LogP contribution in [0.2, 0.25) is 0 Å². The largest absolute Gasteiger partial charge is 0.394 e. The Morgan fingerprint density at radius 2 is 1.27 bits per heavy atom. The summed E-state index contributed by atoms with van der Waals surface area (Å²) in [5, 5.41) is 18.3. The molecule has 4 nitrogen and oxygen atoms in total. The Morgan fingerprint density at radius 1 is 0.758 bits per heavy atom. The number of nitriles is 1. The van der Waals surface area contributed by atoms with E-state index in [-0.39, 0.29) is 12.7 Å². The van der Waals surface area contributed by atoms with Crippen LogP contribution in [-0.2, 0) is 16.1 Å². The summed E-state index contributed by atoms with van der Waals surface area (Å²) in [7, 11) is 0. The van der Waals surface area contributed by atoms with Crippen molar-refractivity contribution >= 4 is 0 Å². The van der Waals surface area contributed by atoms with Crippen LogP contribution < -0.4 is 0 Å². The van der Waals surface area contributed by atoms with Gasteiger partial charge in [-0.3, -0.25) is 0 Å². The zero-order chi connectivity index (χ0) is 23.8. The van der Waals surface area contributed by atoms with Crippen LogP contribution in [0.25, 0.3) is 0 Å². The average molecular weight is 460 g/mol. The van der Waals surface area contributed by atoms with Gasteiger partial charge >= 0.3 is 0 Å². The summed E-state index contributed by atoms with van der Waals surface area (Å²) < 4.78 is 11.5. The molecule has 0 aliphatic carbocycles. The minimum atomic E-state index is -0.207. The van der Waals surface area contributed by atoms with Gasteiger partial charge in [-0.1, -0.05) is 109 Å². The molecule has 0 fully saturated rings. The Hall–Kier alpha value is -1.41. The SMILES string of the molecule is CCCCCCCCCCCCCCCCCOCC[C@H](CO)OCc1ccc(C#N)cc1. The fourth-order valence-corrected chi connectivity index (χ4v) is 4.01. The van der Waals surface area contributed by atoms with Crippen molar-refractivity contribution < 1.29 is 14.6 Å². The summed E-state index contributed by atoms with van der Waals surface area (Å²) in [4.78, 5) is 0. The molecule has 0 unspecified atom stereocenters. The van der Waals surface area contributed by atoms with E-state index in [1.807, 2.05) is 12.1 Å². The van der Waals surface area contributed by atoms with Gasteiger partial charge in [0.05, 0.1) is 31.0 Å². The Bertz CT molecular complexity index is 582. The third kappa shape index (κ3) is 17.7. The number of ether oxygens (including phenoxy) is 2. The summed E-state index contributed by atoms with van der Waals surface area (Å²) in [6, 6.07) is 9.46. The van der Waals surface area contributed by atoms with Gasteiger partial charge in [-0.25, -0.2) is 0 Å². The lowest BCUT2D eigenvalue weighted by atomic mass is 10.0. The van der Waals surface area contributed by atoms with Crippen LogP contribution in [0.15, 0.2) is 24.3 Å². The zero-order valence-corrected chi connectivity index (χ0v) is 21.2. The van der Waals surface area contributed by atoms with Crippen LogP contribution in [-0.4, -0.2) is 31.0 Å². The molecular weight excluding hydrogens is 410 g/mol. The molecule has 0 spiro atoms. The van der Waals surface area contributed by atoms with E-state index in [0.717, 1.165) is 18.6 Å². The van der Waals surface area contributed by atoms with Gasteiger partial charge in [0.25, 0.3) is 0 Å². The average Bonchev–Trinajstić information content (AvgIpc) is 2.85. The molecule has 0 radical (unpaired) electrons. The number of nitrogens with zero attached hydrogens (tertiary/aromatic N) is 1. The summed E-state index contributed by atoms with van der Waals surface area (Å²) in [6.07, 6.45) is 21.1. The minimum Gasteiger partial charge on any atom is -0.394 e. The Kier molecular flexibility index (Phi) is 20.1. The number of unbranched alkanes of at least 4 members (excludes halogenated alkanes) is 14. The van der Waals surface area contributed by atoms with Crippen LogP contribution in [0, 0.1) is 11.3 Å². The third-order valence-corrected chi connectivity index (χ3v) is 6.25. The van der Waals surface area contributed by atoms with Crippen LogP contribution in [0.1, 0.15) is 121 Å². The summed E-state index contributed by atoms with van der Waals surface area (Å²) in [5.41, 5.74) is 1.65. The first-order valence-corrected chi connectivity index (χ1v) is 13.6. The lowest BCUT2D eigenvalue weighted by molar-refractivity contribution is -0.0190. The molecule has 0 heterocycles. The standard InChI is InChI=1S/C29H49NO3/c1-2-3-4-5-6-7-8-9-10-11-12-13-14-15-16-22-32-23-21-29(25-31)33-26-28-19-17-27(24-30)18-20-28/h17-20,29,31H,2-16,21-23,25-26H2,1H3/t29-/m1/s1. The molecule has 1 aromatic carbocycles. The quantitative estimate of drug-likeness (QED) is 0.170. The molecule has 188 valence electrons. The monoisotopic (exact) mass is 459 g/mol. The normalized spacial score (nSPS) is 12.0. The van der Waals surface area contributed by atoms with E-state index in [9.17, 15) is 5.11 Å². The van der Waals surface area contributed by atoms with Gasteiger partial charge < -0.3 is 14.6 Å². The first kappa shape index (κ1) is 29.6. The minimum absolute atomic E-state index is 0.00139. The van der Waals surface area contributed by atoms with Gasteiger partial charge in [-0.2, -0.15) is 5.26 Å². The van der Waals surface area contributed by atoms with Crippen molar-refractivity contribution in [2.75, 3.05) is 19.8 Å². The van der Waals surface area contributed by atoms with Crippen LogP contribution in [0.4, 0.5) is 0 Å². The topological polar surface area (TPSA) is 62.5 Å². The first-order chi connectivity index (χ1) is 16.3. The van der Waals surface area contributed by atoms with Crippen molar-refractivity contribution in [3.63, 3.8) is 0 Å². The lowest BCUT2D eigenvalue weighted by Gasteiger charge is -2.15. The van der Waals surface area contributed by atoms with Gasteiger partial charge in [0.1, 0.15) is 0 Å². The number of hydrogen-bond donors (Lipinski definition) is 1. The number of aliphatic hydroxyl groups excluding tert-OH is 1. The predicted molar refractivity (Wildman–Crippen MR) is 137 cm³/mol. The van der Waals surface area contributed by atoms with Crippen molar-refractivity contribution in [2.45, 2.75) is 122 Å². The number of rotatable bonds is 23. The highest BCUT2D eigenvalue weighted by Crippen LogP contribution is 2.13. The lowest BCUT2D eigenvalue weighted by Crippen LogP contribution is -2.20. The second-order valence-electron chi connectivity index (χ2n) is 9.28. The maximum atomic E-state index is 9.51. The van der Waals surface area contributed by atoms with Gasteiger partial charge in [0.2, 0.25) is 0 Å². The molecule has 0 amide bonds. The van der Waals surface area contributed by atoms with E-state index in [1.165, 1.54) is 89.9 Å². The Labute approximate surface area is 203 Å². The predicted octanol–water partition coefficient (Wildman–Crippen LogP) is 7.71. The van der Waals surface area contributed by atoms with Crippen molar-refractivity contribution in [1.82, 2.24) is 0 Å². The Morgan fingerprint density at radius 3 is 1.76 bits per heavy atom. The molecule has 0 aliphatic rings. The van der Waals surface area contributed by atoms with Crippen LogP contribution in [0.5, 0.6) is 0 Å². The van der Waals surface area contributed by atoms with E-state index in [4.69, 9.17) is 14.7 Å². The Balaban J connectivity index is 1.84. The number of benzene rings is 1. The second kappa shape index (κ2) is 22.4. The first-order valence-electron chi connectivity index (χ1n) is 13.6. The van der Waals surface area contributed by atoms with Gasteiger partial charge in [-0.05, 0) is 30.5 Å². The van der Waals surface area contributed by atoms with E-state index >= 15 is 0 Å². The van der Waals surface area contributed by atoms with Crippen LogP contribution in [0.3, 0.4) is 0 Å². The molecular formula is C29H49NO3. The molecule has 0 aromatic heterocycles. The fraction of sp³-hybridized carbons (Fsp3) is 0.759. The van der Waals surface area contributed by atoms with Gasteiger partial charge in [0, 0.05) is 13.2 Å². The molecule has 0 aliphatic heterocycles. The van der Waals surface area contributed by atoms with E-state index in [0.29, 0.717) is 25.2 Å². The summed E-state index contributed by atoms with van der Waals surface area (Å²) in [6.45, 7) is 4.14.